The van der Waals surface area contributed by atoms with Crippen molar-refractivity contribution < 1.29 is 0 Å². The lowest BCUT2D eigenvalue weighted by Crippen LogP contribution is -2.32. The summed E-state index contributed by atoms with van der Waals surface area (Å²) in [6.45, 7) is 2.09. The molecule has 0 bridgehead atoms. The highest BCUT2D eigenvalue weighted by Gasteiger charge is 2.12. The lowest BCUT2D eigenvalue weighted by atomic mass is 10.1. The van der Waals surface area contributed by atoms with Crippen molar-refractivity contribution in [2.24, 2.45) is 10.8 Å². The van der Waals surface area contributed by atoms with Gasteiger partial charge in [-0.3, -0.25) is 4.99 Å². The topological polar surface area (TPSA) is 50.4 Å². The molecule has 1 aliphatic carbocycles. The van der Waals surface area contributed by atoms with Crippen molar-refractivity contribution in [2.45, 2.75) is 51.5 Å². The molecular formula is C15H23N3. The van der Waals surface area contributed by atoms with E-state index in [-0.39, 0.29) is 0 Å². The van der Waals surface area contributed by atoms with E-state index in [1.54, 1.807) is 0 Å². The third kappa shape index (κ3) is 3.57. The Labute approximate surface area is 109 Å². The maximum atomic E-state index is 5.62. The van der Waals surface area contributed by atoms with Crippen molar-refractivity contribution in [1.29, 1.82) is 0 Å². The van der Waals surface area contributed by atoms with Crippen LogP contribution in [0.5, 0.6) is 0 Å². The smallest absolute Gasteiger partial charge is 0.142 e. The van der Waals surface area contributed by atoms with Gasteiger partial charge in [0, 0.05) is 5.56 Å². The number of nitrogens with zero attached hydrogens (tertiary/aromatic N) is 1. The summed E-state index contributed by atoms with van der Waals surface area (Å²) in [6, 6.07) is 8.76. The van der Waals surface area contributed by atoms with E-state index in [1.807, 2.05) is 0 Å². The second kappa shape index (κ2) is 6.55. The Bertz CT molecular complexity index is 387. The largest absolute Gasteiger partial charge is 0.308 e. The molecule has 0 radical (unpaired) electrons. The lowest BCUT2D eigenvalue weighted by molar-refractivity contribution is 0.583. The molecule has 1 saturated carbocycles. The highest BCUT2D eigenvalue weighted by Crippen LogP contribution is 2.20. The number of benzene rings is 1. The van der Waals surface area contributed by atoms with Gasteiger partial charge in [0.1, 0.15) is 5.84 Å². The van der Waals surface area contributed by atoms with Gasteiger partial charge in [0.25, 0.3) is 0 Å². The molecule has 0 aromatic heterocycles. The number of hydrogen-bond donors (Lipinski definition) is 2. The Hall–Kier alpha value is -1.35. The summed E-state index contributed by atoms with van der Waals surface area (Å²) in [6.07, 6.45) is 7.66. The third-order valence-corrected chi connectivity index (χ3v) is 3.60. The summed E-state index contributed by atoms with van der Waals surface area (Å²) < 4.78 is 0. The van der Waals surface area contributed by atoms with E-state index in [0.29, 0.717) is 6.04 Å². The first kappa shape index (κ1) is 13.1. The SMILES string of the molecule is Cc1ccc(C(=NC2CCCCCC2)NN)cc1. The monoisotopic (exact) mass is 245 g/mol. The summed E-state index contributed by atoms with van der Waals surface area (Å²) in [5.41, 5.74) is 5.09. The van der Waals surface area contributed by atoms with Gasteiger partial charge in [-0.05, 0) is 19.8 Å². The van der Waals surface area contributed by atoms with Crippen molar-refractivity contribution in [3.05, 3.63) is 35.4 Å². The minimum atomic E-state index is 0.430. The standard InChI is InChI=1S/C15H23N3/c1-12-8-10-13(11-9-12)15(18-16)17-14-6-4-2-3-5-7-14/h8-11,14H,2-7,16H2,1H3,(H,17,18). The molecule has 18 heavy (non-hydrogen) atoms. The Morgan fingerprint density at radius 1 is 1.11 bits per heavy atom. The number of rotatable bonds is 2. The van der Waals surface area contributed by atoms with Crippen LogP contribution in [0.25, 0.3) is 0 Å². The molecule has 0 spiro atoms. The van der Waals surface area contributed by atoms with Gasteiger partial charge in [-0.15, -0.1) is 0 Å². The van der Waals surface area contributed by atoms with Crippen molar-refractivity contribution >= 4 is 5.84 Å². The predicted octanol–water partition coefficient (Wildman–Crippen LogP) is 2.93. The fraction of sp³-hybridized carbons (Fsp3) is 0.533. The number of amidine groups is 1. The lowest BCUT2D eigenvalue weighted by Gasteiger charge is -2.12. The Kier molecular flexibility index (Phi) is 4.76. The van der Waals surface area contributed by atoms with Crippen molar-refractivity contribution in [2.75, 3.05) is 0 Å². The molecule has 1 fully saturated rings. The second-order valence-corrected chi connectivity index (χ2v) is 5.13. The fourth-order valence-corrected chi connectivity index (χ4v) is 2.48. The average molecular weight is 245 g/mol. The zero-order valence-electron chi connectivity index (χ0n) is 11.2. The minimum Gasteiger partial charge on any atom is -0.308 e. The Balaban J connectivity index is 2.13. The molecule has 0 amide bonds. The number of nitrogens with two attached hydrogens (primary N) is 1. The third-order valence-electron chi connectivity index (χ3n) is 3.60. The van der Waals surface area contributed by atoms with Crippen molar-refractivity contribution in [1.82, 2.24) is 5.43 Å². The Morgan fingerprint density at radius 2 is 1.72 bits per heavy atom. The summed E-state index contributed by atoms with van der Waals surface area (Å²) in [5, 5.41) is 0. The summed E-state index contributed by atoms with van der Waals surface area (Å²) >= 11 is 0. The van der Waals surface area contributed by atoms with Gasteiger partial charge >= 0.3 is 0 Å². The van der Waals surface area contributed by atoms with Crippen LogP contribution in [0.4, 0.5) is 0 Å². The first-order valence-corrected chi connectivity index (χ1v) is 6.91. The van der Waals surface area contributed by atoms with E-state index in [2.05, 4.69) is 36.6 Å². The molecule has 3 N–H and O–H groups in total. The van der Waals surface area contributed by atoms with E-state index in [9.17, 15) is 0 Å². The fourth-order valence-electron chi connectivity index (χ4n) is 2.48. The van der Waals surface area contributed by atoms with Gasteiger partial charge in [-0.1, -0.05) is 55.5 Å². The zero-order valence-corrected chi connectivity index (χ0v) is 11.2. The molecule has 2 rings (SSSR count). The predicted molar refractivity (Wildman–Crippen MR) is 76.5 cm³/mol. The van der Waals surface area contributed by atoms with Crippen LogP contribution in [0.1, 0.15) is 49.7 Å². The molecule has 0 heterocycles. The average Bonchev–Trinajstić information content (AvgIpc) is 2.66. The molecule has 1 aliphatic rings. The quantitative estimate of drug-likeness (QED) is 0.277. The van der Waals surface area contributed by atoms with Gasteiger partial charge in [0.2, 0.25) is 0 Å². The van der Waals surface area contributed by atoms with Crippen LogP contribution in [0.15, 0.2) is 29.3 Å². The number of aliphatic imine (C=N–C) groups is 1. The molecule has 0 atom stereocenters. The van der Waals surface area contributed by atoms with Crippen LogP contribution in [-0.2, 0) is 0 Å². The van der Waals surface area contributed by atoms with Gasteiger partial charge in [-0.25, -0.2) is 5.84 Å². The first-order chi connectivity index (χ1) is 8.79. The van der Waals surface area contributed by atoms with E-state index in [0.717, 1.165) is 11.4 Å². The normalized spacial score (nSPS) is 18.4. The Morgan fingerprint density at radius 3 is 2.28 bits per heavy atom. The van der Waals surface area contributed by atoms with E-state index in [1.165, 1.54) is 44.1 Å². The second-order valence-electron chi connectivity index (χ2n) is 5.13. The van der Waals surface area contributed by atoms with Crippen LogP contribution in [0.2, 0.25) is 0 Å². The molecule has 0 saturated heterocycles. The first-order valence-electron chi connectivity index (χ1n) is 6.91. The number of hydrazine groups is 1. The van der Waals surface area contributed by atoms with Crippen LogP contribution < -0.4 is 11.3 Å². The highest BCUT2D eigenvalue weighted by molar-refractivity contribution is 5.98. The molecule has 98 valence electrons. The molecule has 1 aromatic carbocycles. The zero-order chi connectivity index (χ0) is 12.8. The van der Waals surface area contributed by atoms with Crippen LogP contribution in [0, 0.1) is 6.92 Å². The molecule has 0 aliphatic heterocycles. The summed E-state index contributed by atoms with van der Waals surface area (Å²) in [7, 11) is 0. The number of aryl methyl sites for hydroxylation is 1. The van der Waals surface area contributed by atoms with Crippen molar-refractivity contribution in [3.63, 3.8) is 0 Å². The summed E-state index contributed by atoms with van der Waals surface area (Å²) in [4.78, 5) is 4.79. The van der Waals surface area contributed by atoms with E-state index in [4.69, 9.17) is 10.8 Å². The van der Waals surface area contributed by atoms with E-state index >= 15 is 0 Å². The van der Waals surface area contributed by atoms with Gasteiger partial charge in [0.15, 0.2) is 0 Å². The summed E-state index contributed by atoms with van der Waals surface area (Å²) in [5.74, 6) is 6.44. The molecule has 3 nitrogen and oxygen atoms in total. The number of nitrogens with one attached hydrogen (secondary N) is 1. The molecule has 1 aromatic rings. The molecule has 3 heteroatoms. The van der Waals surface area contributed by atoms with Crippen LogP contribution in [0.3, 0.4) is 0 Å². The molecular weight excluding hydrogens is 222 g/mol. The van der Waals surface area contributed by atoms with E-state index < -0.39 is 0 Å². The van der Waals surface area contributed by atoms with Crippen LogP contribution >= 0.6 is 0 Å². The molecule has 0 unspecified atom stereocenters. The van der Waals surface area contributed by atoms with Gasteiger partial charge in [0.05, 0.1) is 6.04 Å². The maximum absolute atomic E-state index is 5.62. The van der Waals surface area contributed by atoms with Gasteiger partial charge in [-0.2, -0.15) is 0 Å². The highest BCUT2D eigenvalue weighted by atomic mass is 15.3. The number of hydrogen-bond acceptors (Lipinski definition) is 2. The van der Waals surface area contributed by atoms with Crippen LogP contribution in [-0.4, -0.2) is 11.9 Å². The van der Waals surface area contributed by atoms with Gasteiger partial charge < -0.3 is 5.43 Å². The maximum Gasteiger partial charge on any atom is 0.142 e. The minimum absolute atomic E-state index is 0.430. The van der Waals surface area contributed by atoms with Crippen molar-refractivity contribution in [3.8, 4) is 0 Å².